The van der Waals surface area contributed by atoms with Crippen molar-refractivity contribution in [3.8, 4) is 0 Å². The van der Waals surface area contributed by atoms with Gasteiger partial charge in [-0.15, -0.1) is 0 Å². The third kappa shape index (κ3) is 29.5. The number of hydrogen-bond donors (Lipinski definition) is 2. The molecule has 6 nitrogen and oxygen atoms in total. The van der Waals surface area contributed by atoms with Gasteiger partial charge < -0.3 is 10.8 Å². The highest BCUT2D eigenvalue weighted by Gasteiger charge is 2.33. The van der Waals surface area contributed by atoms with Crippen LogP contribution in [-0.4, -0.2) is 40.4 Å². The molecular weight excluding hydrogens is 596 g/mol. The summed E-state index contributed by atoms with van der Waals surface area (Å²) < 4.78 is 0. The molecule has 0 aromatic heterocycles. The van der Waals surface area contributed by atoms with Crippen LogP contribution in [0.4, 0.5) is 0 Å². The molecule has 2 amide bonds. The first-order chi connectivity index (χ1) is 23.5. The molecule has 0 heterocycles. The Labute approximate surface area is 298 Å². The van der Waals surface area contributed by atoms with Gasteiger partial charge in [-0.2, -0.15) is 0 Å². The van der Waals surface area contributed by atoms with Crippen molar-refractivity contribution < 1.29 is 19.5 Å². The van der Waals surface area contributed by atoms with Gasteiger partial charge in [0.15, 0.2) is 0 Å². The van der Waals surface area contributed by atoms with Crippen LogP contribution >= 0.6 is 0 Å². The van der Waals surface area contributed by atoms with Crippen LogP contribution in [-0.2, 0) is 14.4 Å². The molecular formula is C42H82N2O4. The molecule has 0 spiro atoms. The van der Waals surface area contributed by atoms with Gasteiger partial charge in [0.25, 0.3) is 0 Å². The first-order valence-corrected chi connectivity index (χ1v) is 21.3. The molecule has 0 rings (SSSR count). The molecule has 284 valence electrons. The van der Waals surface area contributed by atoms with Gasteiger partial charge in [0.05, 0.1) is 0 Å². The lowest BCUT2D eigenvalue weighted by Gasteiger charge is -2.27. The molecule has 0 aliphatic heterocycles. The Hall–Kier alpha value is -1.43. The SMILES string of the molecule is CCCCCCCCCCCCCCCCCC(=O)N(C(=O)CCCCCCCCCCCCCCCCC)[C@@H](CCCCN)C(=O)O. The van der Waals surface area contributed by atoms with Crippen LogP contribution in [0.15, 0.2) is 0 Å². The zero-order valence-corrected chi connectivity index (χ0v) is 32.2. The van der Waals surface area contributed by atoms with E-state index in [0.29, 0.717) is 19.4 Å². The summed E-state index contributed by atoms with van der Waals surface area (Å²) >= 11 is 0. The predicted molar refractivity (Wildman–Crippen MR) is 205 cm³/mol. The van der Waals surface area contributed by atoms with Crippen molar-refractivity contribution in [2.45, 2.75) is 245 Å². The standard InChI is InChI=1S/C42H82N2O4/c1-3-5-7-9-11-13-15-17-19-21-23-25-27-29-31-36-40(45)44(39(42(47)48)35-33-34-38-43)41(46)37-32-30-28-26-24-22-20-18-16-14-12-10-8-6-4-2/h39H,3-38,43H2,1-2H3,(H,47,48)/t39-/m0/s1. The van der Waals surface area contributed by atoms with Gasteiger partial charge in [-0.05, 0) is 38.6 Å². The largest absolute Gasteiger partial charge is 0.480 e. The third-order valence-corrected chi connectivity index (χ3v) is 10.1. The van der Waals surface area contributed by atoms with E-state index in [0.717, 1.165) is 43.4 Å². The number of carboxylic acid groups (broad SMARTS) is 1. The van der Waals surface area contributed by atoms with Crippen molar-refractivity contribution in [3.05, 3.63) is 0 Å². The summed E-state index contributed by atoms with van der Waals surface area (Å²) in [7, 11) is 0. The summed E-state index contributed by atoms with van der Waals surface area (Å²) in [6, 6.07) is -1.08. The number of aliphatic carboxylic acids is 1. The molecule has 0 saturated carbocycles. The predicted octanol–water partition coefficient (Wildman–Crippen LogP) is 12.4. The first kappa shape index (κ1) is 46.6. The average molecular weight is 679 g/mol. The van der Waals surface area contributed by atoms with Crippen LogP contribution in [0.1, 0.15) is 239 Å². The molecule has 1 atom stereocenters. The van der Waals surface area contributed by atoms with E-state index in [4.69, 9.17) is 5.73 Å². The number of carbonyl (C=O) groups is 3. The fraction of sp³-hybridized carbons (Fsp3) is 0.929. The minimum atomic E-state index is -1.08. The maximum Gasteiger partial charge on any atom is 0.326 e. The van der Waals surface area contributed by atoms with Gasteiger partial charge in [0.1, 0.15) is 6.04 Å². The Morgan fingerprint density at radius 3 is 0.958 bits per heavy atom. The van der Waals surface area contributed by atoms with E-state index in [1.54, 1.807) is 0 Å². The number of nitrogens with two attached hydrogens (primary N) is 1. The molecule has 0 bridgehead atoms. The molecule has 0 aromatic carbocycles. The molecule has 6 heteroatoms. The first-order valence-electron chi connectivity index (χ1n) is 21.3. The summed E-state index contributed by atoms with van der Waals surface area (Å²) in [5.41, 5.74) is 5.63. The van der Waals surface area contributed by atoms with E-state index < -0.39 is 12.0 Å². The van der Waals surface area contributed by atoms with Crippen LogP contribution in [0.5, 0.6) is 0 Å². The zero-order chi connectivity index (χ0) is 35.3. The second-order valence-corrected chi connectivity index (χ2v) is 14.7. The number of imide groups is 1. The van der Waals surface area contributed by atoms with E-state index in [1.807, 2.05) is 0 Å². The van der Waals surface area contributed by atoms with Gasteiger partial charge in [-0.3, -0.25) is 14.5 Å². The Morgan fingerprint density at radius 1 is 0.438 bits per heavy atom. The smallest absolute Gasteiger partial charge is 0.326 e. The lowest BCUT2D eigenvalue weighted by atomic mass is 10.0. The number of carbonyl (C=O) groups excluding carboxylic acids is 2. The second-order valence-electron chi connectivity index (χ2n) is 14.7. The molecule has 0 unspecified atom stereocenters. The molecule has 0 aliphatic rings. The topological polar surface area (TPSA) is 101 Å². The van der Waals surface area contributed by atoms with E-state index in [2.05, 4.69) is 13.8 Å². The summed E-state index contributed by atoms with van der Waals surface area (Å²) in [6.45, 7) is 5.01. The quantitative estimate of drug-likeness (QED) is 0.0633. The van der Waals surface area contributed by atoms with Gasteiger partial charge in [-0.1, -0.05) is 194 Å². The highest BCUT2D eigenvalue weighted by atomic mass is 16.4. The Balaban J connectivity index is 4.28. The average Bonchev–Trinajstić information content (AvgIpc) is 3.07. The summed E-state index contributed by atoms with van der Waals surface area (Å²) in [6.07, 6.45) is 39.6. The Morgan fingerprint density at radius 2 is 0.708 bits per heavy atom. The maximum atomic E-state index is 13.3. The molecule has 0 saturated heterocycles. The van der Waals surface area contributed by atoms with Crippen LogP contribution in [0.3, 0.4) is 0 Å². The van der Waals surface area contributed by atoms with Crippen LogP contribution in [0.2, 0.25) is 0 Å². The summed E-state index contributed by atoms with van der Waals surface area (Å²) in [5, 5.41) is 9.97. The lowest BCUT2D eigenvalue weighted by molar-refractivity contribution is -0.158. The summed E-state index contributed by atoms with van der Waals surface area (Å²) in [4.78, 5) is 39.9. The number of nitrogens with zero attached hydrogens (tertiary/aromatic N) is 1. The van der Waals surface area contributed by atoms with Gasteiger partial charge in [0, 0.05) is 12.8 Å². The fourth-order valence-corrected chi connectivity index (χ4v) is 6.87. The minimum Gasteiger partial charge on any atom is -0.480 e. The molecule has 3 N–H and O–H groups in total. The maximum absolute atomic E-state index is 13.3. The normalized spacial score (nSPS) is 12.0. The highest BCUT2D eigenvalue weighted by molar-refractivity contribution is 5.99. The number of amides is 2. The molecule has 0 radical (unpaired) electrons. The minimum absolute atomic E-state index is 0.253. The van der Waals surface area contributed by atoms with Crippen LogP contribution < -0.4 is 5.73 Å². The van der Waals surface area contributed by atoms with E-state index in [1.165, 1.54) is 154 Å². The Bertz CT molecular complexity index is 682. The van der Waals surface area contributed by atoms with Crippen molar-refractivity contribution in [1.82, 2.24) is 4.90 Å². The van der Waals surface area contributed by atoms with Gasteiger partial charge in [-0.25, -0.2) is 4.79 Å². The van der Waals surface area contributed by atoms with Crippen molar-refractivity contribution in [3.63, 3.8) is 0 Å². The number of hydrogen-bond acceptors (Lipinski definition) is 4. The van der Waals surface area contributed by atoms with Crippen molar-refractivity contribution >= 4 is 17.8 Å². The lowest BCUT2D eigenvalue weighted by Crippen LogP contribution is -2.48. The third-order valence-electron chi connectivity index (χ3n) is 10.1. The molecule has 48 heavy (non-hydrogen) atoms. The van der Waals surface area contributed by atoms with E-state index >= 15 is 0 Å². The monoisotopic (exact) mass is 679 g/mol. The van der Waals surface area contributed by atoms with Crippen LogP contribution in [0.25, 0.3) is 0 Å². The van der Waals surface area contributed by atoms with Crippen LogP contribution in [0, 0.1) is 0 Å². The number of rotatable bonds is 38. The molecule has 0 aromatic rings. The van der Waals surface area contributed by atoms with Gasteiger partial charge >= 0.3 is 5.97 Å². The fourth-order valence-electron chi connectivity index (χ4n) is 6.87. The second kappa shape index (κ2) is 36.8. The number of unbranched alkanes of at least 4 members (excludes halogenated alkanes) is 29. The van der Waals surface area contributed by atoms with E-state index in [-0.39, 0.29) is 31.1 Å². The number of carboxylic acids is 1. The van der Waals surface area contributed by atoms with Crippen molar-refractivity contribution in [1.29, 1.82) is 0 Å². The van der Waals surface area contributed by atoms with Crippen molar-refractivity contribution in [2.75, 3.05) is 6.54 Å². The van der Waals surface area contributed by atoms with Crippen molar-refractivity contribution in [2.24, 2.45) is 5.73 Å². The summed E-state index contributed by atoms with van der Waals surface area (Å²) in [5.74, 6) is -1.70. The van der Waals surface area contributed by atoms with E-state index in [9.17, 15) is 19.5 Å². The highest BCUT2D eigenvalue weighted by Crippen LogP contribution is 2.19. The Kier molecular flexibility index (Phi) is 35.7. The van der Waals surface area contributed by atoms with Gasteiger partial charge in [0.2, 0.25) is 11.8 Å². The molecule has 0 aliphatic carbocycles. The molecule has 0 fully saturated rings. The zero-order valence-electron chi connectivity index (χ0n) is 32.2.